The second kappa shape index (κ2) is 5.30. The van der Waals surface area contributed by atoms with E-state index >= 15 is 0 Å². The molecule has 3 heteroatoms. The predicted molar refractivity (Wildman–Crippen MR) is 76.9 cm³/mol. The van der Waals surface area contributed by atoms with Crippen molar-refractivity contribution in [2.75, 3.05) is 0 Å². The monoisotopic (exact) mass is 313 g/mol. The minimum atomic E-state index is -0.192. The van der Waals surface area contributed by atoms with Gasteiger partial charge in [-0.2, -0.15) is 0 Å². The summed E-state index contributed by atoms with van der Waals surface area (Å²) < 4.78 is 14.3. The highest BCUT2D eigenvalue weighted by molar-refractivity contribution is 9.10. The smallest absolute Gasteiger partial charge is 0.123 e. The number of rotatable bonds is 2. The van der Waals surface area contributed by atoms with Crippen LogP contribution in [0.3, 0.4) is 0 Å². The first-order chi connectivity index (χ1) is 8.40. The van der Waals surface area contributed by atoms with Crippen LogP contribution in [-0.2, 0) is 6.42 Å². The highest BCUT2D eigenvalue weighted by Crippen LogP contribution is 2.38. The van der Waals surface area contributed by atoms with Crippen molar-refractivity contribution < 1.29 is 4.39 Å². The van der Waals surface area contributed by atoms with Gasteiger partial charge in [0.15, 0.2) is 0 Å². The lowest BCUT2D eigenvalue weighted by molar-refractivity contribution is 0.163. The van der Waals surface area contributed by atoms with Crippen LogP contribution < -0.4 is 5.73 Å². The lowest BCUT2D eigenvalue weighted by Crippen LogP contribution is -2.51. The molecule has 18 heavy (non-hydrogen) atoms. The average Bonchev–Trinajstić information content (AvgIpc) is 2.30. The number of hydrogen-bond acceptors (Lipinski definition) is 1. The fourth-order valence-electron chi connectivity index (χ4n) is 3.01. The van der Waals surface area contributed by atoms with Crippen molar-refractivity contribution >= 4 is 15.9 Å². The zero-order chi connectivity index (χ0) is 13.3. The fourth-order valence-corrected chi connectivity index (χ4v) is 3.40. The van der Waals surface area contributed by atoms with E-state index in [4.69, 9.17) is 5.73 Å². The number of halogens is 2. The summed E-state index contributed by atoms with van der Waals surface area (Å²) in [7, 11) is 0. The molecule has 1 saturated carbocycles. The van der Waals surface area contributed by atoms with Crippen molar-refractivity contribution in [3.8, 4) is 0 Å². The summed E-state index contributed by atoms with van der Waals surface area (Å²) in [6.45, 7) is 4.51. The number of benzene rings is 1. The fraction of sp³-hybridized carbons (Fsp3) is 0.600. The lowest BCUT2D eigenvalue weighted by Gasteiger charge is -2.42. The molecule has 3 unspecified atom stereocenters. The average molecular weight is 314 g/mol. The highest BCUT2D eigenvalue weighted by Gasteiger charge is 2.37. The van der Waals surface area contributed by atoms with Gasteiger partial charge in [0.05, 0.1) is 0 Å². The maximum atomic E-state index is 13.3. The molecular weight excluding hydrogens is 293 g/mol. The molecule has 0 amide bonds. The van der Waals surface area contributed by atoms with Gasteiger partial charge in [0, 0.05) is 10.0 Å². The van der Waals surface area contributed by atoms with Crippen molar-refractivity contribution in [2.24, 2.45) is 17.6 Å². The molecule has 1 fully saturated rings. The van der Waals surface area contributed by atoms with E-state index in [0.717, 1.165) is 28.8 Å². The molecule has 1 nitrogen and oxygen atoms in total. The van der Waals surface area contributed by atoms with Gasteiger partial charge in [-0.15, -0.1) is 0 Å². The minimum Gasteiger partial charge on any atom is -0.325 e. The first-order valence-electron chi connectivity index (χ1n) is 6.63. The largest absolute Gasteiger partial charge is 0.325 e. The first kappa shape index (κ1) is 14.0. The molecule has 0 heterocycles. The molecule has 1 aliphatic rings. The Morgan fingerprint density at radius 3 is 2.83 bits per heavy atom. The van der Waals surface area contributed by atoms with Crippen LogP contribution in [0.25, 0.3) is 0 Å². The zero-order valence-electron chi connectivity index (χ0n) is 11.0. The number of hydrogen-bond donors (Lipinski definition) is 1. The highest BCUT2D eigenvalue weighted by atomic mass is 79.9. The summed E-state index contributed by atoms with van der Waals surface area (Å²) in [5, 5.41) is 0. The van der Waals surface area contributed by atoms with Gasteiger partial charge in [-0.1, -0.05) is 29.8 Å². The van der Waals surface area contributed by atoms with Gasteiger partial charge < -0.3 is 5.73 Å². The molecular formula is C15H21BrFN. The first-order valence-corrected chi connectivity index (χ1v) is 7.43. The van der Waals surface area contributed by atoms with Crippen molar-refractivity contribution in [1.82, 2.24) is 0 Å². The van der Waals surface area contributed by atoms with Crippen molar-refractivity contribution in [3.05, 3.63) is 34.1 Å². The molecule has 0 bridgehead atoms. The van der Waals surface area contributed by atoms with Gasteiger partial charge in [0.1, 0.15) is 5.82 Å². The Morgan fingerprint density at radius 2 is 2.17 bits per heavy atom. The molecule has 2 rings (SSSR count). The third-order valence-electron chi connectivity index (χ3n) is 4.37. The molecule has 2 N–H and O–H groups in total. The Labute approximate surface area is 117 Å². The van der Waals surface area contributed by atoms with E-state index in [2.05, 4.69) is 29.8 Å². The molecule has 0 radical (unpaired) electrons. The number of nitrogens with two attached hydrogens (primary N) is 1. The van der Waals surface area contributed by atoms with E-state index in [1.54, 1.807) is 12.1 Å². The minimum absolute atomic E-state index is 0.186. The zero-order valence-corrected chi connectivity index (χ0v) is 12.6. The third kappa shape index (κ3) is 2.94. The topological polar surface area (TPSA) is 26.0 Å². The van der Waals surface area contributed by atoms with Crippen LogP contribution in [-0.4, -0.2) is 5.54 Å². The molecule has 0 aromatic heterocycles. The lowest BCUT2D eigenvalue weighted by atomic mass is 9.68. The summed E-state index contributed by atoms with van der Waals surface area (Å²) in [4.78, 5) is 0. The van der Waals surface area contributed by atoms with Gasteiger partial charge in [-0.3, -0.25) is 0 Å². The van der Waals surface area contributed by atoms with E-state index in [1.807, 2.05) is 0 Å². The molecule has 1 aromatic rings. The van der Waals surface area contributed by atoms with E-state index in [-0.39, 0.29) is 11.4 Å². The summed E-state index contributed by atoms with van der Waals surface area (Å²) >= 11 is 3.49. The Hall–Kier alpha value is -0.410. The van der Waals surface area contributed by atoms with Crippen LogP contribution in [0, 0.1) is 17.7 Å². The van der Waals surface area contributed by atoms with E-state index < -0.39 is 0 Å². The molecule has 0 spiro atoms. The summed E-state index contributed by atoms with van der Waals surface area (Å²) in [6, 6.07) is 4.84. The van der Waals surface area contributed by atoms with Gasteiger partial charge >= 0.3 is 0 Å². The maximum absolute atomic E-state index is 13.3. The van der Waals surface area contributed by atoms with Crippen LogP contribution in [0.5, 0.6) is 0 Å². The second-order valence-corrected chi connectivity index (χ2v) is 6.78. The van der Waals surface area contributed by atoms with Crippen molar-refractivity contribution in [2.45, 2.75) is 45.1 Å². The van der Waals surface area contributed by atoms with Gasteiger partial charge in [0.25, 0.3) is 0 Å². The van der Waals surface area contributed by atoms with Crippen LogP contribution in [0.2, 0.25) is 0 Å². The van der Waals surface area contributed by atoms with Crippen LogP contribution >= 0.6 is 15.9 Å². The molecule has 3 atom stereocenters. The molecule has 100 valence electrons. The third-order valence-corrected chi connectivity index (χ3v) is 5.14. The second-order valence-electron chi connectivity index (χ2n) is 5.93. The van der Waals surface area contributed by atoms with E-state index in [1.165, 1.54) is 18.9 Å². The molecule has 1 aliphatic carbocycles. The summed E-state index contributed by atoms with van der Waals surface area (Å²) in [5.74, 6) is 1.05. The SMILES string of the molecule is CC1CCC(N)(Cc2cc(F)ccc2Br)C(C)C1. The standard InChI is InChI=1S/C15H21BrFN/c1-10-5-6-15(18,11(2)7-10)9-12-8-13(17)3-4-14(12)16/h3-4,8,10-11H,5-7,9,18H2,1-2H3. The van der Waals surface area contributed by atoms with Crippen LogP contribution in [0.4, 0.5) is 4.39 Å². The van der Waals surface area contributed by atoms with Gasteiger partial charge in [-0.05, 0) is 61.3 Å². The Morgan fingerprint density at radius 1 is 1.44 bits per heavy atom. The van der Waals surface area contributed by atoms with Crippen LogP contribution in [0.1, 0.15) is 38.7 Å². The van der Waals surface area contributed by atoms with E-state index in [9.17, 15) is 4.39 Å². The van der Waals surface area contributed by atoms with Gasteiger partial charge in [-0.25, -0.2) is 4.39 Å². The normalized spacial score (nSPS) is 32.5. The maximum Gasteiger partial charge on any atom is 0.123 e. The Bertz CT molecular complexity index is 435. The molecule has 0 aliphatic heterocycles. The van der Waals surface area contributed by atoms with E-state index in [0.29, 0.717) is 5.92 Å². The van der Waals surface area contributed by atoms with Crippen molar-refractivity contribution in [3.63, 3.8) is 0 Å². The molecule has 0 saturated heterocycles. The quantitative estimate of drug-likeness (QED) is 0.866. The van der Waals surface area contributed by atoms with Crippen molar-refractivity contribution in [1.29, 1.82) is 0 Å². The Balaban J connectivity index is 2.19. The molecule has 1 aromatic carbocycles. The summed E-state index contributed by atoms with van der Waals surface area (Å²) in [6.07, 6.45) is 4.12. The van der Waals surface area contributed by atoms with Gasteiger partial charge in [0.2, 0.25) is 0 Å². The Kier molecular flexibility index (Phi) is 4.12. The summed E-state index contributed by atoms with van der Waals surface area (Å²) in [5.41, 5.74) is 7.37. The van der Waals surface area contributed by atoms with Crippen LogP contribution in [0.15, 0.2) is 22.7 Å². The predicted octanol–water partition coefficient (Wildman–Crippen LogP) is 4.28.